The molecule has 0 rings (SSSR count). The second-order valence-corrected chi connectivity index (χ2v) is 0.204. The molecule has 5 heteroatoms. The minimum atomic E-state index is -0.750. The molecule has 0 heterocycles. The third kappa shape index (κ3) is 32.6. The van der Waals surface area contributed by atoms with E-state index < -0.39 is 11.6 Å². The molecule has 0 atom stereocenters. The molecule has 0 unspecified atom stereocenters. The standard InChI is InChI=1S/O2S.Pb.Zn.2H/c1-3-2;;;;. The Hall–Kier alpha value is 1.37. The third-order valence-electron chi connectivity index (χ3n) is 0. The van der Waals surface area contributed by atoms with Crippen molar-refractivity contribution >= 4 is 38.9 Å². The van der Waals surface area contributed by atoms with Gasteiger partial charge in [-0.1, -0.05) is 0 Å². The molecule has 2 radical (unpaired) electrons. The molecule has 5 heavy (non-hydrogen) atoms. The molecule has 0 spiro atoms. The summed E-state index contributed by atoms with van der Waals surface area (Å²) in [6.07, 6.45) is 0. The van der Waals surface area contributed by atoms with Crippen LogP contribution in [0.2, 0.25) is 0 Å². The van der Waals surface area contributed by atoms with E-state index in [0.717, 1.165) is 0 Å². The molecule has 0 aromatic rings. The first-order valence-electron chi connectivity index (χ1n) is 0.333. The average Bonchev–Trinajstić information content (AvgIpc) is 0.918. The van der Waals surface area contributed by atoms with Crippen LogP contribution in [0.15, 0.2) is 0 Å². The number of hydrogen-bond acceptors (Lipinski definition) is 2. The van der Waals surface area contributed by atoms with Crippen molar-refractivity contribution in [2.75, 3.05) is 0 Å². The maximum absolute atomic E-state index is 8.29. The number of hydrogen-bond donors (Lipinski definition) is 0. The van der Waals surface area contributed by atoms with Gasteiger partial charge < -0.3 is 0 Å². The molecule has 0 aromatic heterocycles. The largest absolute Gasteiger partial charge is 0 e. The fourth-order valence-corrected chi connectivity index (χ4v) is 0. The molecule has 2 nitrogen and oxygen atoms in total. The molecule has 0 saturated heterocycles. The maximum Gasteiger partial charge on any atom is 0 e. The van der Waals surface area contributed by atoms with E-state index in [1.165, 1.54) is 0 Å². The molecule has 0 aliphatic rings. The fourth-order valence-electron chi connectivity index (χ4n) is 0. The summed E-state index contributed by atoms with van der Waals surface area (Å²) in [5.41, 5.74) is 0. The zero-order chi connectivity index (χ0) is 2.71. The van der Waals surface area contributed by atoms with Crippen LogP contribution in [0.25, 0.3) is 0 Å². The van der Waals surface area contributed by atoms with Gasteiger partial charge in [0.15, 0.2) is 0 Å². The van der Waals surface area contributed by atoms with Crippen molar-refractivity contribution in [3.63, 3.8) is 0 Å². The summed E-state index contributed by atoms with van der Waals surface area (Å²) >= 11 is -0.750. The SMILES string of the molecule is O=S=O.[PbH2].[Zn]. The van der Waals surface area contributed by atoms with E-state index in [2.05, 4.69) is 0 Å². The summed E-state index contributed by atoms with van der Waals surface area (Å²) in [6, 6.07) is 0. The van der Waals surface area contributed by atoms with E-state index in [-0.39, 0.29) is 46.8 Å². The zero-order valence-electron chi connectivity index (χ0n) is 2.64. The molecule has 0 aliphatic heterocycles. The van der Waals surface area contributed by atoms with Crippen LogP contribution < -0.4 is 0 Å². The predicted octanol–water partition coefficient (Wildman–Crippen LogP) is -1.59. The maximum atomic E-state index is 8.29. The van der Waals surface area contributed by atoms with Gasteiger partial charge in [0.2, 0.25) is 0 Å². The van der Waals surface area contributed by atoms with Gasteiger partial charge in [0.05, 0.1) is 0 Å². The van der Waals surface area contributed by atoms with Gasteiger partial charge in [0, 0.05) is 19.5 Å². The van der Waals surface area contributed by atoms with Gasteiger partial charge >= 0.3 is 38.9 Å². The summed E-state index contributed by atoms with van der Waals surface area (Å²) in [6.45, 7) is 0. The molecule has 0 bridgehead atoms. The number of rotatable bonds is 0. The molecule has 0 amide bonds. The van der Waals surface area contributed by atoms with Crippen molar-refractivity contribution in [3.8, 4) is 0 Å². The van der Waals surface area contributed by atoms with E-state index in [1.807, 2.05) is 0 Å². The molecule has 26 valence electrons. The van der Waals surface area contributed by atoms with Crippen molar-refractivity contribution < 1.29 is 27.9 Å². The van der Waals surface area contributed by atoms with Crippen LogP contribution in [-0.4, -0.2) is 35.7 Å². The molecule has 0 aliphatic carbocycles. The second-order valence-electron chi connectivity index (χ2n) is 0.0680. The van der Waals surface area contributed by atoms with Crippen molar-refractivity contribution in [2.24, 2.45) is 0 Å². The topological polar surface area (TPSA) is 34.1 Å². The quantitative estimate of drug-likeness (QED) is 0.499. The van der Waals surface area contributed by atoms with Crippen LogP contribution in [-0.2, 0) is 31.0 Å². The molecule has 0 saturated carbocycles. The van der Waals surface area contributed by atoms with Crippen LogP contribution in [0.3, 0.4) is 0 Å². The van der Waals surface area contributed by atoms with Gasteiger partial charge in [-0.05, 0) is 0 Å². The van der Waals surface area contributed by atoms with E-state index in [4.69, 9.17) is 8.42 Å². The van der Waals surface area contributed by atoms with E-state index in [9.17, 15) is 0 Å². The Morgan fingerprint density at radius 2 is 1.20 bits per heavy atom. The van der Waals surface area contributed by atoms with Crippen LogP contribution in [0.5, 0.6) is 0 Å². The summed E-state index contributed by atoms with van der Waals surface area (Å²) in [4.78, 5) is 0. The Balaban J connectivity index is -0.0000000200. The molecule has 0 aromatic carbocycles. The van der Waals surface area contributed by atoms with Crippen molar-refractivity contribution in [1.82, 2.24) is 0 Å². The normalized spacial score (nSPS) is 2.40. The van der Waals surface area contributed by atoms with Gasteiger partial charge in [-0.25, -0.2) is 0 Å². The summed E-state index contributed by atoms with van der Waals surface area (Å²) < 4.78 is 16.6. The van der Waals surface area contributed by atoms with E-state index >= 15 is 0 Å². The van der Waals surface area contributed by atoms with E-state index in [0.29, 0.717) is 0 Å². The Labute approximate surface area is 66.2 Å². The van der Waals surface area contributed by atoms with Crippen LogP contribution in [0, 0.1) is 0 Å². The smallest absolute Gasteiger partial charge is 0 e. The summed E-state index contributed by atoms with van der Waals surface area (Å²) in [5, 5.41) is 0. The van der Waals surface area contributed by atoms with Crippen molar-refractivity contribution in [2.45, 2.75) is 0 Å². The Morgan fingerprint density at radius 1 is 1.20 bits per heavy atom. The van der Waals surface area contributed by atoms with Gasteiger partial charge in [-0.3, -0.25) is 0 Å². The first kappa shape index (κ1) is 16.2. The Morgan fingerprint density at radius 3 is 1.20 bits per heavy atom. The molecular weight excluding hydrogens is 337 g/mol. The first-order chi connectivity index (χ1) is 1.41. The average molecular weight is 339 g/mol. The third-order valence-corrected chi connectivity index (χ3v) is 0. The van der Waals surface area contributed by atoms with Gasteiger partial charge in [-0.2, -0.15) is 8.42 Å². The molecule has 0 fully saturated rings. The van der Waals surface area contributed by atoms with E-state index in [1.54, 1.807) is 0 Å². The summed E-state index contributed by atoms with van der Waals surface area (Å²) in [7, 11) is 0. The minimum Gasteiger partial charge on any atom is 0 e. The van der Waals surface area contributed by atoms with Crippen molar-refractivity contribution in [3.05, 3.63) is 0 Å². The minimum absolute atomic E-state index is 0. The van der Waals surface area contributed by atoms with Gasteiger partial charge in [0.1, 0.15) is 0 Å². The Kier molecular flexibility index (Phi) is 59.1. The first-order valence-corrected chi connectivity index (χ1v) is 1.00. The second kappa shape index (κ2) is 18.3. The van der Waals surface area contributed by atoms with Gasteiger partial charge in [-0.15, -0.1) is 0 Å². The van der Waals surface area contributed by atoms with Gasteiger partial charge in [0.25, 0.3) is 0 Å². The molecule has 0 N–H and O–H groups in total. The monoisotopic (exact) mass is 338 g/mol. The zero-order valence-corrected chi connectivity index (χ0v) is 11.9. The predicted molar refractivity (Wildman–Crippen MR) is 17.5 cm³/mol. The van der Waals surface area contributed by atoms with Crippen LogP contribution in [0.4, 0.5) is 0 Å². The van der Waals surface area contributed by atoms with Crippen LogP contribution >= 0.6 is 0 Å². The molecular formula is H2O2PbSZn. The van der Waals surface area contributed by atoms with Crippen molar-refractivity contribution in [1.29, 1.82) is 0 Å². The summed E-state index contributed by atoms with van der Waals surface area (Å²) in [5.74, 6) is 0. The Bertz CT molecular complexity index is 30.6. The van der Waals surface area contributed by atoms with Crippen LogP contribution in [0.1, 0.15) is 0 Å². The fraction of sp³-hybridized carbons (Fsp3) is 0.